The molecule has 0 aliphatic carbocycles. The minimum absolute atomic E-state index is 0.174. The fourth-order valence-corrected chi connectivity index (χ4v) is 5.63. The fraction of sp³-hybridized carbons (Fsp3) is 0.321. The molecule has 0 radical (unpaired) electrons. The third-order valence-electron chi connectivity index (χ3n) is 7.57. The lowest BCUT2D eigenvalue weighted by Crippen LogP contribution is -2.65. The van der Waals surface area contributed by atoms with E-state index >= 15 is 0 Å². The number of likely N-dealkylation sites (N-methyl/N-ethyl adjacent to an activating group) is 1. The third-order valence-corrected chi connectivity index (χ3v) is 7.57. The molecule has 2 amide bonds. The number of esters is 1. The average molecular weight is 535 g/mol. The highest BCUT2D eigenvalue weighted by Crippen LogP contribution is 2.43. The highest BCUT2D eigenvalue weighted by Gasteiger charge is 2.56. The van der Waals surface area contributed by atoms with Gasteiger partial charge in [-0.15, -0.1) is 0 Å². The monoisotopic (exact) mass is 534 g/mol. The van der Waals surface area contributed by atoms with Gasteiger partial charge in [-0.25, -0.2) is 4.79 Å². The first-order valence-corrected chi connectivity index (χ1v) is 12.3. The van der Waals surface area contributed by atoms with Gasteiger partial charge in [-0.05, 0) is 47.5 Å². The molecule has 6 bridgehead atoms. The molecule has 2 aromatic rings. The predicted octanol–water partition coefficient (Wildman–Crippen LogP) is 2.31. The van der Waals surface area contributed by atoms with Gasteiger partial charge in [-0.3, -0.25) is 9.59 Å². The number of hydrogen-bond acceptors (Lipinski definition) is 9. The summed E-state index contributed by atoms with van der Waals surface area (Å²) in [4.78, 5) is 43.6. The van der Waals surface area contributed by atoms with Gasteiger partial charge in [0.25, 0.3) is 0 Å². The molecule has 4 heterocycles. The van der Waals surface area contributed by atoms with Crippen LogP contribution >= 0.6 is 0 Å². The Morgan fingerprint density at radius 1 is 0.949 bits per heavy atom. The normalized spacial score (nSPS) is 27.3. The van der Waals surface area contributed by atoms with Gasteiger partial charge in [-0.1, -0.05) is 6.07 Å². The maximum absolute atomic E-state index is 14.0. The summed E-state index contributed by atoms with van der Waals surface area (Å²) in [6.07, 6.45) is 2.25. The molecule has 2 fully saturated rings. The van der Waals surface area contributed by atoms with Crippen LogP contribution in [0.1, 0.15) is 28.4 Å². The van der Waals surface area contributed by atoms with Crippen LogP contribution in [0.5, 0.6) is 23.0 Å². The maximum atomic E-state index is 14.0. The van der Waals surface area contributed by atoms with E-state index in [4.69, 9.17) is 23.7 Å². The molecule has 39 heavy (non-hydrogen) atoms. The Kier molecular flexibility index (Phi) is 5.95. The van der Waals surface area contributed by atoms with Crippen molar-refractivity contribution in [3.63, 3.8) is 0 Å². The zero-order valence-electron chi connectivity index (χ0n) is 21.4. The maximum Gasteiger partial charge on any atom is 0.338 e. The van der Waals surface area contributed by atoms with Crippen molar-refractivity contribution in [1.82, 2.24) is 9.80 Å². The first kappa shape index (κ1) is 24.8. The van der Waals surface area contributed by atoms with Crippen LogP contribution in [0.25, 0.3) is 0 Å². The number of ether oxygens (including phenoxy) is 5. The molecule has 0 aromatic heterocycles. The number of benzene rings is 2. The molecule has 11 heteroatoms. The van der Waals surface area contributed by atoms with E-state index in [0.717, 1.165) is 0 Å². The van der Waals surface area contributed by atoms with Gasteiger partial charge < -0.3 is 38.6 Å². The Morgan fingerprint density at radius 3 is 2.41 bits per heavy atom. The smallest absolute Gasteiger partial charge is 0.338 e. The van der Waals surface area contributed by atoms with Gasteiger partial charge in [0, 0.05) is 13.5 Å². The Morgan fingerprint density at radius 2 is 1.67 bits per heavy atom. The van der Waals surface area contributed by atoms with Crippen LogP contribution < -0.4 is 14.2 Å². The number of methoxy groups -OCH3 is 2. The molecule has 4 aliphatic heterocycles. The predicted molar refractivity (Wildman–Crippen MR) is 134 cm³/mol. The van der Waals surface area contributed by atoms with E-state index in [1.165, 1.54) is 67.9 Å². The van der Waals surface area contributed by atoms with Crippen LogP contribution in [-0.2, 0) is 19.1 Å². The van der Waals surface area contributed by atoms with Crippen LogP contribution in [0.3, 0.4) is 0 Å². The number of aliphatic hydroxyl groups excluding tert-OH is 1. The number of aliphatic hydroxyl groups is 1. The van der Waals surface area contributed by atoms with Crippen molar-refractivity contribution in [3.05, 3.63) is 71.7 Å². The van der Waals surface area contributed by atoms with Gasteiger partial charge in [0.05, 0.1) is 38.3 Å². The van der Waals surface area contributed by atoms with E-state index in [-0.39, 0.29) is 29.4 Å². The lowest BCUT2D eigenvalue weighted by molar-refractivity contribution is -0.166. The Balaban J connectivity index is 1.55. The van der Waals surface area contributed by atoms with E-state index in [2.05, 4.69) is 0 Å². The molecule has 1 N–H and O–H groups in total. The molecule has 11 nitrogen and oxygen atoms in total. The number of carbonyl (C=O) groups excluding carboxylic acids is 3. The summed E-state index contributed by atoms with van der Waals surface area (Å²) in [5.74, 6) is -0.396. The Bertz CT molecular complexity index is 1430. The second kappa shape index (κ2) is 9.35. The number of fused-ring (bicyclic) bond motifs is 5. The number of carbonyl (C=O) groups is 3. The van der Waals surface area contributed by atoms with Crippen molar-refractivity contribution in [2.45, 2.75) is 36.8 Å². The second-order valence-corrected chi connectivity index (χ2v) is 9.65. The number of amides is 2. The lowest BCUT2D eigenvalue weighted by Gasteiger charge is -2.44. The largest absolute Gasteiger partial charge is 0.493 e. The average Bonchev–Trinajstić information content (AvgIpc) is 3.22. The molecular formula is C28H26N2O9. The molecule has 0 unspecified atom stereocenters. The van der Waals surface area contributed by atoms with Crippen molar-refractivity contribution in [3.8, 4) is 23.0 Å². The van der Waals surface area contributed by atoms with Crippen LogP contribution in [0.2, 0.25) is 0 Å². The minimum atomic E-state index is -1.40. The van der Waals surface area contributed by atoms with Crippen LogP contribution in [-0.4, -0.2) is 78.2 Å². The molecule has 0 spiro atoms. The zero-order chi connectivity index (χ0) is 27.4. The minimum Gasteiger partial charge on any atom is -0.493 e. The van der Waals surface area contributed by atoms with E-state index < -0.39 is 42.2 Å². The van der Waals surface area contributed by atoms with Gasteiger partial charge in [0.2, 0.25) is 11.8 Å². The van der Waals surface area contributed by atoms with Crippen molar-refractivity contribution in [2.75, 3.05) is 21.3 Å². The quantitative estimate of drug-likeness (QED) is 0.578. The molecule has 6 rings (SSSR count). The van der Waals surface area contributed by atoms with E-state index in [9.17, 15) is 19.5 Å². The first-order valence-electron chi connectivity index (χ1n) is 12.3. The summed E-state index contributed by atoms with van der Waals surface area (Å²) in [6.45, 7) is 0. The van der Waals surface area contributed by atoms with Crippen LogP contribution in [0.15, 0.2) is 60.6 Å². The highest BCUT2D eigenvalue weighted by molar-refractivity contribution is 5.99. The zero-order valence-corrected chi connectivity index (χ0v) is 21.4. The Hall–Kier alpha value is -4.51. The molecule has 4 aliphatic rings. The van der Waals surface area contributed by atoms with Crippen molar-refractivity contribution >= 4 is 17.8 Å². The summed E-state index contributed by atoms with van der Waals surface area (Å²) in [6, 6.07) is 6.48. The molecule has 2 saturated heterocycles. The molecule has 2 aromatic carbocycles. The number of piperazine rings is 1. The van der Waals surface area contributed by atoms with Crippen molar-refractivity contribution < 1.29 is 43.2 Å². The van der Waals surface area contributed by atoms with Crippen LogP contribution in [0, 0.1) is 0 Å². The number of rotatable bonds is 2. The third kappa shape index (κ3) is 3.88. The van der Waals surface area contributed by atoms with Gasteiger partial charge in [-0.2, -0.15) is 0 Å². The van der Waals surface area contributed by atoms with Gasteiger partial charge in [0.1, 0.15) is 24.3 Å². The summed E-state index contributed by atoms with van der Waals surface area (Å²) in [7, 11) is 4.42. The van der Waals surface area contributed by atoms with Crippen molar-refractivity contribution in [1.29, 1.82) is 0 Å². The molecule has 0 saturated carbocycles. The van der Waals surface area contributed by atoms with Crippen molar-refractivity contribution in [2.24, 2.45) is 0 Å². The summed E-state index contributed by atoms with van der Waals surface area (Å²) >= 11 is 0. The lowest BCUT2D eigenvalue weighted by atomic mass is 9.95. The first-order chi connectivity index (χ1) is 18.8. The highest BCUT2D eigenvalue weighted by atomic mass is 16.6. The molecule has 202 valence electrons. The number of hydrogen-bond donors (Lipinski definition) is 1. The Labute approximate surface area is 223 Å². The summed E-state index contributed by atoms with van der Waals surface area (Å²) < 4.78 is 28.4. The van der Waals surface area contributed by atoms with E-state index in [0.29, 0.717) is 22.6 Å². The molecule has 5 atom stereocenters. The van der Waals surface area contributed by atoms with Gasteiger partial charge >= 0.3 is 5.97 Å². The van der Waals surface area contributed by atoms with E-state index in [1.54, 1.807) is 18.2 Å². The molecular weight excluding hydrogens is 508 g/mol. The fourth-order valence-electron chi connectivity index (χ4n) is 5.63. The second-order valence-electron chi connectivity index (χ2n) is 9.65. The van der Waals surface area contributed by atoms with Gasteiger partial charge in [0.15, 0.2) is 23.0 Å². The SMILES string of the molecule is COc1ccc2cc1Oc1cc(ccc1OC)[C@@H](O)[C@@H]1C(=O)N3[C@@H](CC4=COC=C[C@H](OC2=O)[C@H]43)C(=O)N1C. The van der Waals surface area contributed by atoms with Crippen LogP contribution in [0.4, 0.5) is 0 Å². The van der Waals surface area contributed by atoms with E-state index in [1.807, 2.05) is 0 Å². The summed E-state index contributed by atoms with van der Waals surface area (Å²) in [5.41, 5.74) is 1.13. The topological polar surface area (TPSA) is 124 Å². The summed E-state index contributed by atoms with van der Waals surface area (Å²) in [5, 5.41) is 11.5. The number of nitrogens with zero attached hydrogens (tertiary/aromatic N) is 2. The standard InChI is InChI=1S/C28H26N2O9/c1-29-24-25(31)14-4-6-18(35-2)21(11-14)38-22-12-15(5-7-19(22)36-3)28(34)39-20-8-9-37-13-16-10-17(26(29)32)30(23(16)20)27(24)33/h4-9,11-13,17,20,23-25,31H,10H2,1-3H3/t17-,20-,23-,24+,25+/m0/s1.